The minimum atomic E-state index is -0.588. The molecule has 51 heavy (non-hydrogen) atoms. The summed E-state index contributed by atoms with van der Waals surface area (Å²) in [5.74, 6) is 0.776. The summed E-state index contributed by atoms with van der Waals surface area (Å²) in [6.07, 6.45) is 10.6. The number of hydrogen-bond donors (Lipinski definition) is 2. The molecule has 1 atom stereocenters. The van der Waals surface area contributed by atoms with Gasteiger partial charge in [0.25, 0.3) is 0 Å². The smallest absolute Gasteiger partial charge is 0.243 e. The second kappa shape index (κ2) is 14.5. The van der Waals surface area contributed by atoms with E-state index in [-0.39, 0.29) is 35.5 Å². The van der Waals surface area contributed by atoms with Crippen LogP contribution in [-0.4, -0.2) is 70.0 Å². The third kappa shape index (κ3) is 7.52. The average Bonchev–Trinajstić information content (AvgIpc) is 3.53. The Balaban J connectivity index is 0.740. The van der Waals surface area contributed by atoms with E-state index in [9.17, 15) is 14.0 Å². The van der Waals surface area contributed by atoms with Crippen LogP contribution in [-0.2, 0) is 22.7 Å². The van der Waals surface area contributed by atoms with E-state index in [1.165, 1.54) is 35.7 Å². The molecule has 10 nitrogen and oxygen atoms in total. The van der Waals surface area contributed by atoms with Crippen LogP contribution >= 0.6 is 0 Å². The van der Waals surface area contributed by atoms with E-state index < -0.39 is 11.6 Å². The number of hydrogen-bond acceptors (Lipinski definition) is 9. The number of halogens is 2. The lowest BCUT2D eigenvalue weighted by atomic mass is 9.81. The standard InChI is InChI=1S/C39H42F2N6O4/c40-33-19-29(17-26-5-10-42-20-32(26)33)44-38-37(41)35(6-11-43-38)51-31-15-25(16-31)21-46-12-7-24(8-13-46)9-14-50-30-2-1-27-22-47(23-28(27)18-30)34-3-4-36(48)45-39(34)49/h1-2,5-6,10-11,17-20,24-25,31,34H,3-4,7-9,12-16,21-23H2,(H,43,44)(H,45,48,49). The van der Waals surface area contributed by atoms with Gasteiger partial charge in [-0.25, -0.2) is 9.37 Å². The van der Waals surface area contributed by atoms with E-state index in [1.54, 1.807) is 18.3 Å². The normalized spacial score (nSPS) is 22.7. The van der Waals surface area contributed by atoms with Crippen LogP contribution in [0.4, 0.5) is 20.3 Å². The molecule has 3 aliphatic heterocycles. The quantitative estimate of drug-likeness (QED) is 0.180. The van der Waals surface area contributed by atoms with Gasteiger partial charge < -0.3 is 19.7 Å². The van der Waals surface area contributed by atoms with Gasteiger partial charge >= 0.3 is 0 Å². The lowest BCUT2D eigenvalue weighted by Gasteiger charge is -2.40. The first-order chi connectivity index (χ1) is 24.8. The molecule has 3 fully saturated rings. The zero-order valence-electron chi connectivity index (χ0n) is 28.5. The minimum Gasteiger partial charge on any atom is -0.494 e. The Hall–Kier alpha value is -4.68. The molecule has 1 aliphatic carbocycles. The molecule has 0 bridgehead atoms. The van der Waals surface area contributed by atoms with Crippen LogP contribution in [0.5, 0.6) is 11.5 Å². The van der Waals surface area contributed by atoms with Crippen molar-refractivity contribution < 1.29 is 27.8 Å². The fourth-order valence-corrected chi connectivity index (χ4v) is 7.97. The average molecular weight is 697 g/mol. The van der Waals surface area contributed by atoms with Gasteiger partial charge in [-0.1, -0.05) is 6.07 Å². The number of imide groups is 1. The summed E-state index contributed by atoms with van der Waals surface area (Å²) >= 11 is 0. The van der Waals surface area contributed by atoms with Crippen LogP contribution in [0.1, 0.15) is 56.1 Å². The maximum absolute atomic E-state index is 15.3. The fraction of sp³-hybridized carbons (Fsp3) is 0.436. The molecule has 0 spiro atoms. The Kier molecular flexibility index (Phi) is 9.52. The number of amides is 2. The van der Waals surface area contributed by atoms with Gasteiger partial charge in [0.1, 0.15) is 11.6 Å². The highest BCUT2D eigenvalue weighted by Gasteiger charge is 2.36. The van der Waals surface area contributed by atoms with Gasteiger partial charge in [0.2, 0.25) is 17.6 Å². The van der Waals surface area contributed by atoms with E-state index in [2.05, 4.69) is 42.5 Å². The summed E-state index contributed by atoms with van der Waals surface area (Å²) in [6.45, 7) is 5.26. The molecule has 4 aliphatic rings. The Labute approximate surface area is 295 Å². The van der Waals surface area contributed by atoms with Crippen LogP contribution in [0.15, 0.2) is 61.1 Å². The molecular formula is C39H42F2N6O4. The first kappa shape index (κ1) is 33.5. The fourth-order valence-electron chi connectivity index (χ4n) is 7.97. The summed E-state index contributed by atoms with van der Waals surface area (Å²) in [6, 6.07) is 12.3. The van der Waals surface area contributed by atoms with Crippen molar-refractivity contribution >= 4 is 34.1 Å². The number of benzene rings is 2. The van der Waals surface area contributed by atoms with Gasteiger partial charge in [-0.05, 0) is 110 Å². The van der Waals surface area contributed by atoms with Crippen molar-refractivity contribution in [3.63, 3.8) is 0 Å². The molecule has 1 saturated carbocycles. The highest BCUT2D eigenvalue weighted by atomic mass is 19.1. The van der Waals surface area contributed by atoms with Crippen molar-refractivity contribution in [2.24, 2.45) is 11.8 Å². The predicted octanol–water partition coefficient (Wildman–Crippen LogP) is 6.11. The molecule has 4 aromatic rings. The first-order valence-electron chi connectivity index (χ1n) is 18.0. The third-order valence-corrected chi connectivity index (χ3v) is 10.9. The van der Waals surface area contributed by atoms with Gasteiger partial charge in [-0.2, -0.15) is 4.39 Å². The van der Waals surface area contributed by atoms with Crippen LogP contribution in [0.3, 0.4) is 0 Å². The summed E-state index contributed by atoms with van der Waals surface area (Å²) in [5, 5.41) is 6.43. The maximum atomic E-state index is 15.3. The number of rotatable bonds is 11. The molecule has 1 unspecified atom stereocenters. The molecule has 2 amide bonds. The monoisotopic (exact) mass is 696 g/mol. The maximum Gasteiger partial charge on any atom is 0.243 e. The highest BCUT2D eigenvalue weighted by Crippen LogP contribution is 2.36. The third-order valence-electron chi connectivity index (χ3n) is 10.9. The molecule has 5 heterocycles. The number of likely N-dealkylation sites (tertiary alicyclic amines) is 1. The molecule has 12 heteroatoms. The number of nitrogens with zero attached hydrogens (tertiary/aromatic N) is 4. The number of nitrogens with one attached hydrogen (secondary N) is 2. The number of anilines is 2. The van der Waals surface area contributed by atoms with Crippen molar-refractivity contribution in [3.8, 4) is 11.5 Å². The Morgan fingerprint density at radius 3 is 2.63 bits per heavy atom. The van der Waals surface area contributed by atoms with Crippen LogP contribution in [0.25, 0.3) is 10.8 Å². The molecule has 2 aromatic carbocycles. The van der Waals surface area contributed by atoms with Crippen molar-refractivity contribution in [1.29, 1.82) is 0 Å². The summed E-state index contributed by atoms with van der Waals surface area (Å²) in [7, 11) is 0. The van der Waals surface area contributed by atoms with Crippen LogP contribution < -0.4 is 20.1 Å². The largest absolute Gasteiger partial charge is 0.494 e. The molecule has 8 rings (SSSR count). The Bertz CT molecular complexity index is 1930. The number of piperidine rings is 2. The van der Waals surface area contributed by atoms with E-state index in [1.807, 2.05) is 6.07 Å². The number of ether oxygens (including phenoxy) is 2. The molecule has 2 aromatic heterocycles. The highest BCUT2D eigenvalue weighted by molar-refractivity contribution is 6.00. The summed E-state index contributed by atoms with van der Waals surface area (Å²) < 4.78 is 42.1. The molecule has 266 valence electrons. The van der Waals surface area contributed by atoms with Crippen molar-refractivity contribution in [1.82, 2.24) is 25.1 Å². The topological polar surface area (TPSA) is 109 Å². The molecular weight excluding hydrogens is 654 g/mol. The van der Waals surface area contributed by atoms with Crippen molar-refractivity contribution in [3.05, 3.63) is 83.8 Å². The Morgan fingerprint density at radius 2 is 1.78 bits per heavy atom. The molecule has 2 N–H and O–H groups in total. The SMILES string of the molecule is O=C1CCC(N2Cc3ccc(OCCC4CCN(CC5CC(Oc6ccnc(Nc7cc(F)c8cnccc8c7)c6F)C5)CC4)cc3C2)C(=O)N1. The van der Waals surface area contributed by atoms with Gasteiger partial charge in [0.15, 0.2) is 11.6 Å². The second-order valence-corrected chi connectivity index (χ2v) is 14.4. The van der Waals surface area contributed by atoms with E-state index >= 15 is 4.39 Å². The zero-order chi connectivity index (χ0) is 34.9. The van der Waals surface area contributed by atoms with Gasteiger partial charge in [-0.3, -0.25) is 24.8 Å². The second-order valence-electron chi connectivity index (χ2n) is 14.4. The summed E-state index contributed by atoms with van der Waals surface area (Å²) in [5.41, 5.74) is 2.80. The molecule has 0 radical (unpaired) electrons. The zero-order valence-corrected chi connectivity index (χ0v) is 28.5. The van der Waals surface area contributed by atoms with Crippen molar-refractivity contribution in [2.45, 2.75) is 70.2 Å². The lowest BCUT2D eigenvalue weighted by Crippen LogP contribution is -2.50. The van der Waals surface area contributed by atoms with Gasteiger partial charge in [0, 0.05) is 61.8 Å². The lowest BCUT2D eigenvalue weighted by molar-refractivity contribution is -0.137. The van der Waals surface area contributed by atoms with Crippen LogP contribution in [0, 0.1) is 23.5 Å². The number of fused-ring (bicyclic) bond motifs is 2. The van der Waals surface area contributed by atoms with E-state index in [0.717, 1.165) is 57.5 Å². The predicted molar refractivity (Wildman–Crippen MR) is 187 cm³/mol. The van der Waals surface area contributed by atoms with Gasteiger partial charge in [0.05, 0.1) is 18.8 Å². The number of aromatic nitrogens is 2. The van der Waals surface area contributed by atoms with E-state index in [4.69, 9.17) is 9.47 Å². The van der Waals surface area contributed by atoms with E-state index in [0.29, 0.717) is 60.8 Å². The number of carbonyl (C=O) groups excluding carboxylic acids is 2. The minimum absolute atomic E-state index is 0.00454. The first-order valence-corrected chi connectivity index (χ1v) is 18.0. The molecule has 2 saturated heterocycles. The van der Waals surface area contributed by atoms with Gasteiger partial charge in [-0.15, -0.1) is 0 Å². The number of carbonyl (C=O) groups is 2. The number of pyridine rings is 2. The Morgan fingerprint density at radius 1 is 0.941 bits per heavy atom. The van der Waals surface area contributed by atoms with Crippen molar-refractivity contribution in [2.75, 3.05) is 31.6 Å². The summed E-state index contributed by atoms with van der Waals surface area (Å²) in [4.78, 5) is 36.6. The van der Waals surface area contributed by atoms with Crippen LogP contribution in [0.2, 0.25) is 0 Å².